The lowest BCUT2D eigenvalue weighted by Crippen LogP contribution is -2.55. The minimum atomic E-state index is -3.16. The summed E-state index contributed by atoms with van der Waals surface area (Å²) < 4.78 is 48.0. The van der Waals surface area contributed by atoms with Crippen molar-refractivity contribution in [3.63, 3.8) is 0 Å². The standard InChI is InChI=1S/C42H59FN4O4S/c1-3-40-44-22-25-46(40)30-42(34-10-7-11-35(43)26-34,39-12-6-9-32(39)8-4-5-13-41(48)51-2)33-20-23-45(24-21-33)27-31-28-47(29-31)36-14-16-37(17-15-36)52(49,50)38-18-19-38/h7,10-11,14-17,22,25-26,31-33,38-39,41,48H,3-6,8-9,12-13,18-21,23-24,27-30H2,1-2H3/t32-,39-,41?,42-/m0/s1. The van der Waals surface area contributed by atoms with Gasteiger partial charge < -0.3 is 24.2 Å². The molecule has 4 aliphatic rings. The highest BCUT2D eigenvalue weighted by atomic mass is 32.2. The number of unbranched alkanes of at least 4 members (excludes halogenated alkanes) is 1. The number of hydrogen-bond donors (Lipinski definition) is 1. The quantitative estimate of drug-likeness (QED) is 0.116. The average molecular weight is 735 g/mol. The fourth-order valence-corrected chi connectivity index (χ4v) is 11.8. The normalized spacial score (nSPS) is 23.8. The number of nitrogens with zero attached hydrogens (tertiary/aromatic N) is 4. The molecule has 0 radical (unpaired) electrons. The van der Waals surface area contributed by atoms with E-state index < -0.39 is 16.1 Å². The summed E-state index contributed by atoms with van der Waals surface area (Å²) in [7, 11) is -1.60. The van der Waals surface area contributed by atoms with Crippen molar-refractivity contribution in [2.45, 2.75) is 112 Å². The van der Waals surface area contributed by atoms with Crippen LogP contribution in [0, 0.1) is 29.5 Å². The SMILES string of the molecule is CCc1nccn1C[C@@](c1cccc(F)c1)(C1CCN(CC2CN(c3ccc(S(=O)(=O)C4CC4)cc3)C2)CC1)[C@H]1CCC[C@@H]1CCCCC(O)OC. The van der Waals surface area contributed by atoms with Crippen LogP contribution in [0.2, 0.25) is 0 Å². The minimum Gasteiger partial charge on any atom is -0.371 e. The van der Waals surface area contributed by atoms with E-state index in [-0.39, 0.29) is 16.5 Å². The third-order valence-electron chi connectivity index (χ3n) is 13.1. The van der Waals surface area contributed by atoms with E-state index in [2.05, 4.69) is 33.6 Å². The fourth-order valence-electron chi connectivity index (χ4n) is 10.2. The van der Waals surface area contributed by atoms with Gasteiger partial charge in [0, 0.05) is 69.1 Å². The van der Waals surface area contributed by atoms with Crippen molar-refractivity contribution in [3.8, 4) is 0 Å². The molecule has 2 aromatic carbocycles. The molecule has 0 spiro atoms. The highest BCUT2D eigenvalue weighted by Gasteiger charge is 2.52. The van der Waals surface area contributed by atoms with E-state index in [1.807, 2.05) is 30.5 Å². The van der Waals surface area contributed by atoms with E-state index in [1.54, 1.807) is 25.3 Å². The lowest BCUT2D eigenvalue weighted by Gasteiger charge is -2.52. The third-order valence-corrected chi connectivity index (χ3v) is 15.3. The maximum absolute atomic E-state index is 15.2. The topological polar surface area (TPSA) is 87.9 Å². The predicted molar refractivity (Wildman–Crippen MR) is 204 cm³/mol. The maximum Gasteiger partial charge on any atom is 0.181 e. The van der Waals surface area contributed by atoms with Crippen LogP contribution < -0.4 is 4.90 Å². The van der Waals surface area contributed by atoms with Gasteiger partial charge in [0.2, 0.25) is 0 Å². The Labute approximate surface area is 310 Å². The molecule has 52 heavy (non-hydrogen) atoms. The van der Waals surface area contributed by atoms with Gasteiger partial charge >= 0.3 is 0 Å². The Balaban J connectivity index is 1.06. The second kappa shape index (κ2) is 16.3. The number of hydrogen-bond acceptors (Lipinski definition) is 7. The molecule has 2 saturated carbocycles. The Morgan fingerprint density at radius 1 is 1.02 bits per heavy atom. The van der Waals surface area contributed by atoms with Gasteiger partial charge in [-0.05, 0) is 118 Å². The van der Waals surface area contributed by atoms with Crippen LogP contribution in [-0.4, -0.2) is 79.3 Å². The molecule has 3 aromatic rings. The fraction of sp³-hybridized carbons (Fsp3) is 0.643. The predicted octanol–water partition coefficient (Wildman–Crippen LogP) is 7.25. The number of ether oxygens (including phenoxy) is 1. The van der Waals surface area contributed by atoms with Crippen LogP contribution in [0.5, 0.6) is 0 Å². The van der Waals surface area contributed by atoms with E-state index in [0.717, 1.165) is 114 Å². The number of halogens is 1. The van der Waals surface area contributed by atoms with E-state index in [9.17, 15) is 13.5 Å². The Hall–Kier alpha value is -2.79. The molecule has 1 N–H and O–H groups in total. The molecular weight excluding hydrogens is 676 g/mol. The second-order valence-electron chi connectivity index (χ2n) is 16.2. The Kier molecular flexibility index (Phi) is 11.8. The molecule has 284 valence electrons. The lowest BCUT2D eigenvalue weighted by atomic mass is 9.56. The molecule has 4 fully saturated rings. The molecule has 8 nitrogen and oxygen atoms in total. The number of likely N-dealkylation sites (tertiary alicyclic amines) is 1. The van der Waals surface area contributed by atoms with E-state index in [1.165, 1.54) is 12.8 Å². The number of imidazole rings is 1. The van der Waals surface area contributed by atoms with Crippen molar-refractivity contribution < 1.29 is 22.7 Å². The molecule has 1 aromatic heterocycles. The van der Waals surface area contributed by atoms with E-state index in [4.69, 9.17) is 9.72 Å². The summed E-state index contributed by atoms with van der Waals surface area (Å²) in [5, 5.41) is 9.81. The molecule has 4 atom stereocenters. The van der Waals surface area contributed by atoms with Gasteiger partial charge in [0.25, 0.3) is 0 Å². The van der Waals surface area contributed by atoms with Crippen LogP contribution in [0.3, 0.4) is 0 Å². The lowest BCUT2D eigenvalue weighted by molar-refractivity contribution is -0.0795. The first-order valence-electron chi connectivity index (χ1n) is 20.0. The van der Waals surface area contributed by atoms with E-state index >= 15 is 4.39 Å². The van der Waals surface area contributed by atoms with Crippen LogP contribution in [0.1, 0.15) is 88.9 Å². The summed E-state index contributed by atoms with van der Waals surface area (Å²) in [5.74, 6) is 2.94. The van der Waals surface area contributed by atoms with Crippen molar-refractivity contribution in [2.24, 2.45) is 23.7 Å². The van der Waals surface area contributed by atoms with Crippen molar-refractivity contribution in [3.05, 3.63) is 78.1 Å². The Morgan fingerprint density at radius 3 is 2.48 bits per heavy atom. The molecular formula is C42H59FN4O4S. The number of piperidine rings is 1. The molecule has 0 bridgehead atoms. The van der Waals surface area contributed by atoms with Gasteiger partial charge in [0.05, 0.1) is 10.1 Å². The minimum absolute atomic E-state index is 0.155. The van der Waals surface area contributed by atoms with Crippen LogP contribution in [-0.2, 0) is 33.0 Å². The maximum atomic E-state index is 15.2. The number of benzene rings is 2. The molecule has 2 aliphatic carbocycles. The number of anilines is 1. The van der Waals surface area contributed by atoms with Gasteiger partial charge in [-0.25, -0.2) is 17.8 Å². The van der Waals surface area contributed by atoms with Gasteiger partial charge in [-0.1, -0.05) is 44.7 Å². The largest absolute Gasteiger partial charge is 0.371 e. The summed E-state index contributed by atoms with van der Waals surface area (Å²) in [4.78, 5) is 10.2. The molecule has 7 rings (SSSR count). The number of methoxy groups -OCH3 is 1. The summed E-state index contributed by atoms with van der Waals surface area (Å²) in [6.45, 7) is 8.15. The highest BCUT2D eigenvalue weighted by Crippen LogP contribution is 2.55. The number of aromatic nitrogens is 2. The zero-order chi connectivity index (χ0) is 36.3. The molecule has 0 amide bonds. The number of aliphatic hydroxyl groups is 1. The number of aliphatic hydroxyl groups excluding tert-OH is 1. The second-order valence-corrected chi connectivity index (χ2v) is 18.5. The van der Waals surface area contributed by atoms with Crippen molar-refractivity contribution in [2.75, 3.05) is 44.7 Å². The van der Waals surface area contributed by atoms with Crippen molar-refractivity contribution in [1.29, 1.82) is 0 Å². The van der Waals surface area contributed by atoms with Gasteiger partial charge in [0.1, 0.15) is 11.6 Å². The number of aryl methyl sites for hydroxylation is 1. The first kappa shape index (κ1) is 37.5. The Bertz CT molecular complexity index is 1720. The van der Waals surface area contributed by atoms with Crippen LogP contribution in [0.25, 0.3) is 0 Å². The zero-order valence-electron chi connectivity index (χ0n) is 31.2. The summed E-state index contributed by atoms with van der Waals surface area (Å²) in [6, 6.07) is 15.1. The van der Waals surface area contributed by atoms with Gasteiger partial charge in [-0.3, -0.25) is 0 Å². The number of rotatable bonds is 17. The Morgan fingerprint density at radius 2 is 1.79 bits per heavy atom. The molecule has 3 heterocycles. The zero-order valence-corrected chi connectivity index (χ0v) is 32.0. The monoisotopic (exact) mass is 734 g/mol. The summed E-state index contributed by atoms with van der Waals surface area (Å²) >= 11 is 0. The molecule has 1 unspecified atom stereocenters. The summed E-state index contributed by atoms with van der Waals surface area (Å²) in [6.07, 6.45) is 15.3. The van der Waals surface area contributed by atoms with Crippen LogP contribution in [0.15, 0.2) is 65.8 Å². The first-order valence-corrected chi connectivity index (χ1v) is 21.5. The third kappa shape index (κ3) is 8.01. The van der Waals surface area contributed by atoms with Crippen LogP contribution in [0.4, 0.5) is 10.1 Å². The van der Waals surface area contributed by atoms with Gasteiger partial charge in [-0.15, -0.1) is 0 Å². The van der Waals surface area contributed by atoms with Crippen LogP contribution >= 0.6 is 0 Å². The molecule has 2 aliphatic heterocycles. The van der Waals surface area contributed by atoms with Crippen molar-refractivity contribution >= 4 is 15.5 Å². The highest BCUT2D eigenvalue weighted by molar-refractivity contribution is 7.92. The first-order chi connectivity index (χ1) is 25.2. The van der Waals surface area contributed by atoms with Gasteiger partial charge in [0.15, 0.2) is 16.1 Å². The molecule has 10 heteroatoms. The molecule has 2 saturated heterocycles. The van der Waals surface area contributed by atoms with Crippen molar-refractivity contribution in [1.82, 2.24) is 14.5 Å². The summed E-state index contributed by atoms with van der Waals surface area (Å²) in [5.41, 5.74) is 2.05. The average Bonchev–Trinajstić information content (AvgIpc) is 3.75. The van der Waals surface area contributed by atoms with E-state index in [0.29, 0.717) is 35.0 Å². The van der Waals surface area contributed by atoms with Gasteiger partial charge in [-0.2, -0.15) is 0 Å². The number of sulfone groups is 1. The smallest absolute Gasteiger partial charge is 0.181 e.